The zero-order valence-corrected chi connectivity index (χ0v) is 15.9. The van der Waals surface area contributed by atoms with Crippen molar-refractivity contribution in [3.63, 3.8) is 0 Å². The molecule has 0 atom stereocenters. The SMILES string of the molecule is Cc1cc(C)n(-c2ccc(-c3noc(C45CCCN(CCC4)C5)n3)cn2)n1. The van der Waals surface area contributed by atoms with E-state index >= 15 is 0 Å². The van der Waals surface area contributed by atoms with Gasteiger partial charge in [-0.2, -0.15) is 10.1 Å². The highest BCUT2D eigenvalue weighted by Crippen LogP contribution is 2.40. The van der Waals surface area contributed by atoms with Crippen molar-refractivity contribution in [3.8, 4) is 17.2 Å². The zero-order chi connectivity index (χ0) is 18.4. The highest BCUT2D eigenvalue weighted by Gasteiger charge is 2.44. The lowest BCUT2D eigenvalue weighted by molar-refractivity contribution is 0.0711. The van der Waals surface area contributed by atoms with Crippen LogP contribution in [0.15, 0.2) is 28.9 Å². The van der Waals surface area contributed by atoms with Gasteiger partial charge in [0.15, 0.2) is 5.82 Å². The molecule has 7 nitrogen and oxygen atoms in total. The molecule has 3 aromatic heterocycles. The lowest BCUT2D eigenvalue weighted by Gasteiger charge is -2.44. The van der Waals surface area contributed by atoms with E-state index in [2.05, 4.69) is 20.1 Å². The monoisotopic (exact) mass is 364 g/mol. The number of aromatic nitrogens is 5. The van der Waals surface area contributed by atoms with Gasteiger partial charge in [0, 0.05) is 24.0 Å². The van der Waals surface area contributed by atoms with Gasteiger partial charge in [0.05, 0.1) is 11.1 Å². The Balaban J connectivity index is 1.42. The van der Waals surface area contributed by atoms with Gasteiger partial charge in [0.2, 0.25) is 11.7 Å². The van der Waals surface area contributed by atoms with Crippen LogP contribution in [0.1, 0.15) is 43.0 Å². The maximum atomic E-state index is 5.74. The van der Waals surface area contributed by atoms with Crippen molar-refractivity contribution in [1.82, 2.24) is 29.8 Å². The number of hydrogen-bond donors (Lipinski definition) is 0. The van der Waals surface area contributed by atoms with Gasteiger partial charge >= 0.3 is 0 Å². The lowest BCUT2D eigenvalue weighted by Crippen LogP contribution is -2.50. The van der Waals surface area contributed by atoms with E-state index in [-0.39, 0.29) is 5.41 Å². The minimum Gasteiger partial charge on any atom is -0.338 e. The summed E-state index contributed by atoms with van der Waals surface area (Å²) >= 11 is 0. The van der Waals surface area contributed by atoms with Gasteiger partial charge in [-0.3, -0.25) is 0 Å². The van der Waals surface area contributed by atoms with Crippen molar-refractivity contribution in [3.05, 3.63) is 41.7 Å². The largest absolute Gasteiger partial charge is 0.338 e. The summed E-state index contributed by atoms with van der Waals surface area (Å²) in [6, 6.07) is 5.98. The molecule has 140 valence electrons. The zero-order valence-electron chi connectivity index (χ0n) is 15.9. The van der Waals surface area contributed by atoms with Crippen LogP contribution in [-0.4, -0.2) is 49.4 Å². The molecule has 0 saturated carbocycles. The van der Waals surface area contributed by atoms with Gasteiger partial charge in [-0.05, 0) is 70.8 Å². The van der Waals surface area contributed by atoms with Gasteiger partial charge in [-0.15, -0.1) is 0 Å². The second kappa shape index (κ2) is 6.27. The van der Waals surface area contributed by atoms with E-state index in [0.29, 0.717) is 5.82 Å². The maximum Gasteiger partial charge on any atom is 0.234 e. The molecule has 27 heavy (non-hydrogen) atoms. The van der Waals surface area contributed by atoms with Crippen molar-refractivity contribution in [2.45, 2.75) is 44.9 Å². The predicted octanol–water partition coefficient (Wildman–Crippen LogP) is 3.06. The Morgan fingerprint density at radius 2 is 1.93 bits per heavy atom. The minimum atomic E-state index is 0.0405. The second-order valence-corrected chi connectivity index (χ2v) is 7.93. The van der Waals surface area contributed by atoms with Crippen molar-refractivity contribution >= 4 is 0 Å². The van der Waals surface area contributed by atoms with E-state index < -0.39 is 0 Å². The first-order valence-corrected chi connectivity index (χ1v) is 9.70. The van der Waals surface area contributed by atoms with E-state index in [1.807, 2.05) is 36.7 Å². The number of pyridine rings is 1. The molecule has 2 bridgehead atoms. The topological polar surface area (TPSA) is 72.9 Å². The molecule has 0 aliphatic carbocycles. The molecule has 0 unspecified atom stereocenters. The third kappa shape index (κ3) is 2.86. The highest BCUT2D eigenvalue weighted by atomic mass is 16.5. The number of fused-ring (bicyclic) bond motifs is 2. The molecular formula is C20H24N6O. The molecule has 0 amide bonds. The van der Waals surface area contributed by atoms with Crippen LogP contribution < -0.4 is 0 Å². The van der Waals surface area contributed by atoms with Crippen molar-refractivity contribution in [2.24, 2.45) is 0 Å². The standard InChI is InChI=1S/C20H24N6O/c1-14-11-15(2)26(23-14)17-6-5-16(12-21-17)18-22-19(27-24-18)20-7-3-9-25(13-20)10-4-8-20/h5-6,11-12H,3-4,7-10,13H2,1-2H3. The summed E-state index contributed by atoms with van der Waals surface area (Å²) in [6.07, 6.45) is 6.49. The smallest absolute Gasteiger partial charge is 0.234 e. The van der Waals surface area contributed by atoms with E-state index in [1.165, 1.54) is 25.9 Å². The number of rotatable bonds is 3. The quantitative estimate of drug-likeness (QED) is 0.711. The van der Waals surface area contributed by atoms with Crippen LogP contribution in [0.5, 0.6) is 0 Å². The van der Waals surface area contributed by atoms with Crippen LogP contribution in [-0.2, 0) is 5.41 Å². The van der Waals surface area contributed by atoms with E-state index in [0.717, 1.165) is 48.0 Å². The van der Waals surface area contributed by atoms with E-state index in [9.17, 15) is 0 Å². The first-order chi connectivity index (χ1) is 13.1. The maximum absolute atomic E-state index is 5.74. The van der Waals surface area contributed by atoms with Crippen molar-refractivity contribution in [2.75, 3.05) is 19.6 Å². The van der Waals surface area contributed by atoms with Crippen LogP contribution >= 0.6 is 0 Å². The molecule has 0 radical (unpaired) electrons. The summed E-state index contributed by atoms with van der Waals surface area (Å²) in [5.74, 6) is 2.21. The van der Waals surface area contributed by atoms with Gasteiger partial charge in [-0.1, -0.05) is 5.16 Å². The van der Waals surface area contributed by atoms with Gasteiger partial charge in [0.25, 0.3) is 0 Å². The van der Waals surface area contributed by atoms with Crippen molar-refractivity contribution in [1.29, 1.82) is 0 Å². The Labute approximate surface area is 158 Å². The predicted molar refractivity (Wildman–Crippen MR) is 101 cm³/mol. The molecule has 2 aliphatic heterocycles. The fraction of sp³-hybridized carbons (Fsp3) is 0.500. The summed E-state index contributed by atoms with van der Waals surface area (Å²) in [4.78, 5) is 11.9. The van der Waals surface area contributed by atoms with Crippen LogP contribution in [0.3, 0.4) is 0 Å². The molecule has 2 fully saturated rings. The fourth-order valence-electron chi connectivity index (χ4n) is 4.61. The molecule has 0 spiro atoms. The first kappa shape index (κ1) is 16.6. The Morgan fingerprint density at radius 1 is 1.11 bits per heavy atom. The Kier molecular flexibility index (Phi) is 3.86. The minimum absolute atomic E-state index is 0.0405. The number of nitrogens with zero attached hydrogens (tertiary/aromatic N) is 6. The molecule has 0 N–H and O–H groups in total. The average molecular weight is 364 g/mol. The second-order valence-electron chi connectivity index (χ2n) is 7.93. The lowest BCUT2D eigenvalue weighted by atomic mass is 9.73. The molecule has 7 heteroatoms. The van der Waals surface area contributed by atoms with Crippen LogP contribution in [0.25, 0.3) is 17.2 Å². The summed E-state index contributed by atoms with van der Waals surface area (Å²) in [7, 11) is 0. The van der Waals surface area contributed by atoms with E-state index in [1.54, 1.807) is 6.20 Å². The Hall–Kier alpha value is -2.54. The van der Waals surface area contributed by atoms with E-state index in [4.69, 9.17) is 9.51 Å². The third-order valence-corrected chi connectivity index (χ3v) is 5.90. The fourth-order valence-corrected chi connectivity index (χ4v) is 4.61. The molecule has 5 heterocycles. The van der Waals surface area contributed by atoms with Gasteiger partial charge in [-0.25, -0.2) is 9.67 Å². The Morgan fingerprint density at radius 3 is 2.59 bits per heavy atom. The summed E-state index contributed by atoms with van der Waals surface area (Å²) in [5, 5.41) is 8.74. The number of hydrogen-bond acceptors (Lipinski definition) is 6. The summed E-state index contributed by atoms with van der Waals surface area (Å²) in [6.45, 7) is 7.44. The normalized spacial score (nSPS) is 24.9. The van der Waals surface area contributed by atoms with Gasteiger partial charge < -0.3 is 9.42 Å². The highest BCUT2D eigenvalue weighted by molar-refractivity contribution is 5.54. The number of aryl methyl sites for hydroxylation is 2. The summed E-state index contributed by atoms with van der Waals surface area (Å²) < 4.78 is 7.58. The first-order valence-electron chi connectivity index (χ1n) is 9.70. The molecule has 2 aliphatic rings. The third-order valence-electron chi connectivity index (χ3n) is 5.90. The number of piperidine rings is 2. The van der Waals surface area contributed by atoms with Crippen LogP contribution in [0.2, 0.25) is 0 Å². The van der Waals surface area contributed by atoms with Crippen LogP contribution in [0.4, 0.5) is 0 Å². The summed E-state index contributed by atoms with van der Waals surface area (Å²) in [5.41, 5.74) is 2.95. The Bertz CT molecular complexity index is 947. The molecular weight excluding hydrogens is 340 g/mol. The van der Waals surface area contributed by atoms with Crippen molar-refractivity contribution < 1.29 is 4.52 Å². The molecule has 3 aromatic rings. The van der Waals surface area contributed by atoms with Gasteiger partial charge in [0.1, 0.15) is 0 Å². The molecule has 0 aromatic carbocycles. The average Bonchev–Trinajstić information content (AvgIpc) is 3.29. The van der Waals surface area contributed by atoms with Crippen LogP contribution in [0, 0.1) is 13.8 Å². The molecule has 5 rings (SSSR count). The molecule has 2 saturated heterocycles.